The second-order valence-electron chi connectivity index (χ2n) is 6.13. The Morgan fingerprint density at radius 1 is 1.12 bits per heavy atom. The molecule has 0 unspecified atom stereocenters. The van der Waals surface area contributed by atoms with Gasteiger partial charge in [-0.1, -0.05) is 60.2 Å². The Kier molecular flexibility index (Phi) is 5.23. The van der Waals surface area contributed by atoms with Crippen LogP contribution in [0, 0.1) is 6.92 Å². The maximum absolute atomic E-state index is 12.1. The molecular formula is C20H21N3O2. The molecule has 2 aromatic rings. The highest BCUT2D eigenvalue weighted by molar-refractivity contribution is 6.14. The van der Waals surface area contributed by atoms with Gasteiger partial charge in [-0.15, -0.1) is 0 Å². The molecule has 0 saturated heterocycles. The number of carbonyl (C=O) groups is 2. The molecule has 2 aromatic carbocycles. The number of carbonyl (C=O) groups excluding carboxylic acids is 2. The van der Waals surface area contributed by atoms with Gasteiger partial charge in [-0.2, -0.15) is 5.10 Å². The summed E-state index contributed by atoms with van der Waals surface area (Å²) >= 11 is 0. The molecule has 5 nitrogen and oxygen atoms in total. The highest BCUT2D eigenvalue weighted by atomic mass is 16.2. The molecule has 128 valence electrons. The number of hydrogen-bond acceptors (Lipinski definition) is 3. The molecular weight excluding hydrogens is 314 g/mol. The van der Waals surface area contributed by atoms with Gasteiger partial charge in [-0.05, 0) is 24.5 Å². The van der Waals surface area contributed by atoms with E-state index in [1.165, 1.54) is 10.6 Å². The molecule has 0 aliphatic carbocycles. The summed E-state index contributed by atoms with van der Waals surface area (Å²) < 4.78 is 0. The molecule has 0 aromatic heterocycles. The van der Waals surface area contributed by atoms with Gasteiger partial charge in [0.1, 0.15) is 6.54 Å². The van der Waals surface area contributed by atoms with Crippen LogP contribution in [0.2, 0.25) is 0 Å². The van der Waals surface area contributed by atoms with Gasteiger partial charge >= 0.3 is 0 Å². The first kappa shape index (κ1) is 16.9. The highest BCUT2D eigenvalue weighted by Crippen LogP contribution is 2.15. The summed E-state index contributed by atoms with van der Waals surface area (Å²) in [5.41, 5.74) is 3.95. The Balaban J connectivity index is 1.52. The fourth-order valence-corrected chi connectivity index (χ4v) is 2.68. The maximum Gasteiger partial charge on any atom is 0.249 e. The molecule has 2 amide bonds. The lowest BCUT2D eigenvalue weighted by molar-refractivity contribution is -0.134. The van der Waals surface area contributed by atoms with Crippen LogP contribution in [0.5, 0.6) is 0 Å². The van der Waals surface area contributed by atoms with Gasteiger partial charge in [0, 0.05) is 6.54 Å². The fourth-order valence-electron chi connectivity index (χ4n) is 2.68. The number of rotatable bonds is 6. The van der Waals surface area contributed by atoms with E-state index in [1.54, 1.807) is 0 Å². The third kappa shape index (κ3) is 4.53. The van der Waals surface area contributed by atoms with E-state index in [9.17, 15) is 9.59 Å². The molecule has 0 saturated carbocycles. The van der Waals surface area contributed by atoms with Gasteiger partial charge in [0.25, 0.3) is 0 Å². The van der Waals surface area contributed by atoms with Crippen molar-refractivity contribution in [1.82, 2.24) is 10.3 Å². The molecule has 0 fully saturated rings. The topological polar surface area (TPSA) is 61.8 Å². The molecule has 0 atom stereocenters. The molecule has 1 heterocycles. The van der Waals surface area contributed by atoms with Crippen molar-refractivity contribution in [3.8, 4) is 0 Å². The number of nitrogens with zero attached hydrogens (tertiary/aromatic N) is 2. The number of amides is 2. The van der Waals surface area contributed by atoms with Crippen molar-refractivity contribution >= 4 is 17.5 Å². The van der Waals surface area contributed by atoms with Crippen molar-refractivity contribution in [2.45, 2.75) is 19.8 Å². The summed E-state index contributed by atoms with van der Waals surface area (Å²) in [6.07, 6.45) is 0.999. The summed E-state index contributed by atoms with van der Waals surface area (Å²) in [7, 11) is 0. The van der Waals surface area contributed by atoms with Crippen LogP contribution >= 0.6 is 0 Å². The quantitative estimate of drug-likeness (QED) is 0.880. The Hall–Kier alpha value is -2.95. The van der Waals surface area contributed by atoms with Gasteiger partial charge < -0.3 is 5.32 Å². The normalized spacial score (nSPS) is 13.7. The van der Waals surface area contributed by atoms with Crippen LogP contribution < -0.4 is 5.32 Å². The van der Waals surface area contributed by atoms with Gasteiger partial charge in [-0.3, -0.25) is 9.59 Å². The molecule has 1 aliphatic rings. The van der Waals surface area contributed by atoms with E-state index >= 15 is 0 Å². The first-order valence-corrected chi connectivity index (χ1v) is 8.37. The minimum Gasteiger partial charge on any atom is -0.354 e. The first-order valence-electron chi connectivity index (χ1n) is 8.37. The monoisotopic (exact) mass is 335 g/mol. The van der Waals surface area contributed by atoms with Crippen molar-refractivity contribution in [2.75, 3.05) is 13.1 Å². The number of nitrogens with one attached hydrogen (secondary N) is 1. The zero-order valence-corrected chi connectivity index (χ0v) is 14.2. The van der Waals surface area contributed by atoms with Crippen LogP contribution in [0.3, 0.4) is 0 Å². The van der Waals surface area contributed by atoms with Gasteiger partial charge in [0.15, 0.2) is 0 Å². The SMILES string of the molecule is Cc1ccc(C2=NN(CC(=O)NCCc3ccccc3)C(=O)C2)cc1. The fraction of sp³-hybridized carbons (Fsp3) is 0.250. The van der Waals surface area contributed by atoms with E-state index in [0.29, 0.717) is 12.3 Å². The van der Waals surface area contributed by atoms with Crippen LogP contribution in [0.15, 0.2) is 59.7 Å². The number of hydrazone groups is 1. The van der Waals surface area contributed by atoms with Gasteiger partial charge in [0.2, 0.25) is 11.8 Å². The predicted molar refractivity (Wildman–Crippen MR) is 97.2 cm³/mol. The van der Waals surface area contributed by atoms with Crippen molar-refractivity contribution in [3.63, 3.8) is 0 Å². The van der Waals surface area contributed by atoms with Crippen molar-refractivity contribution in [1.29, 1.82) is 0 Å². The minimum absolute atomic E-state index is 0.0387. The van der Waals surface area contributed by atoms with E-state index in [-0.39, 0.29) is 24.8 Å². The third-order valence-corrected chi connectivity index (χ3v) is 4.10. The molecule has 1 N–H and O–H groups in total. The second-order valence-corrected chi connectivity index (χ2v) is 6.13. The molecule has 5 heteroatoms. The average Bonchev–Trinajstić information content (AvgIpc) is 2.97. The first-order chi connectivity index (χ1) is 12.1. The van der Waals surface area contributed by atoms with Crippen molar-refractivity contribution in [3.05, 3.63) is 71.3 Å². The Morgan fingerprint density at radius 2 is 1.84 bits per heavy atom. The summed E-state index contributed by atoms with van der Waals surface area (Å²) in [4.78, 5) is 24.1. The average molecular weight is 335 g/mol. The van der Waals surface area contributed by atoms with Crippen molar-refractivity contribution < 1.29 is 9.59 Å². The number of aryl methyl sites for hydroxylation is 1. The van der Waals surface area contributed by atoms with E-state index in [4.69, 9.17) is 0 Å². The van der Waals surface area contributed by atoms with Crippen LogP contribution in [0.1, 0.15) is 23.1 Å². The Morgan fingerprint density at radius 3 is 2.56 bits per heavy atom. The predicted octanol–water partition coefficient (Wildman–Crippen LogP) is 2.29. The van der Waals surface area contributed by atoms with Gasteiger partial charge in [-0.25, -0.2) is 5.01 Å². The highest BCUT2D eigenvalue weighted by Gasteiger charge is 2.26. The Bertz CT molecular complexity index is 782. The van der Waals surface area contributed by atoms with E-state index in [2.05, 4.69) is 10.4 Å². The van der Waals surface area contributed by atoms with Crippen LogP contribution in [0.25, 0.3) is 0 Å². The van der Waals surface area contributed by atoms with Gasteiger partial charge in [0.05, 0.1) is 12.1 Å². The number of benzene rings is 2. The van der Waals surface area contributed by atoms with Crippen LogP contribution in [0.4, 0.5) is 0 Å². The summed E-state index contributed by atoms with van der Waals surface area (Å²) in [5.74, 6) is -0.341. The maximum atomic E-state index is 12.1. The summed E-state index contributed by atoms with van der Waals surface area (Å²) in [6.45, 7) is 2.51. The molecule has 0 radical (unpaired) electrons. The molecule has 1 aliphatic heterocycles. The summed E-state index contributed by atoms with van der Waals surface area (Å²) in [6, 6.07) is 17.8. The zero-order valence-electron chi connectivity index (χ0n) is 14.2. The second kappa shape index (κ2) is 7.75. The molecule has 0 bridgehead atoms. The lowest BCUT2D eigenvalue weighted by Crippen LogP contribution is -2.36. The molecule has 3 rings (SSSR count). The molecule has 0 spiro atoms. The third-order valence-electron chi connectivity index (χ3n) is 4.10. The van der Waals surface area contributed by atoms with Crippen LogP contribution in [-0.4, -0.2) is 35.6 Å². The standard InChI is InChI=1S/C20H21N3O2/c1-15-7-9-17(10-8-15)18-13-20(25)23(22-18)14-19(24)21-12-11-16-5-3-2-4-6-16/h2-10H,11-14H2,1H3,(H,21,24). The van der Waals surface area contributed by atoms with E-state index < -0.39 is 0 Å². The largest absolute Gasteiger partial charge is 0.354 e. The van der Waals surface area contributed by atoms with Crippen LogP contribution in [-0.2, 0) is 16.0 Å². The Labute approximate surface area is 147 Å². The number of hydrogen-bond donors (Lipinski definition) is 1. The van der Waals surface area contributed by atoms with E-state index in [1.807, 2.05) is 61.5 Å². The molecule has 25 heavy (non-hydrogen) atoms. The van der Waals surface area contributed by atoms with Crippen molar-refractivity contribution in [2.24, 2.45) is 5.10 Å². The van der Waals surface area contributed by atoms with E-state index in [0.717, 1.165) is 17.5 Å². The zero-order chi connectivity index (χ0) is 17.6. The lowest BCUT2D eigenvalue weighted by atomic mass is 10.1. The lowest BCUT2D eigenvalue weighted by Gasteiger charge is -2.11. The smallest absolute Gasteiger partial charge is 0.249 e. The minimum atomic E-state index is -0.196. The summed E-state index contributed by atoms with van der Waals surface area (Å²) in [5, 5.41) is 8.41.